The Hall–Kier alpha value is -2.27. The zero-order chi connectivity index (χ0) is 13.9. The lowest BCUT2D eigenvalue weighted by atomic mass is 10.2. The molecule has 0 saturated carbocycles. The largest absolute Gasteiger partial charge is 0.479 e. The molecule has 0 fully saturated rings. The number of hydrogen-bond donors (Lipinski definition) is 1. The van der Waals surface area contributed by atoms with Crippen LogP contribution in [0.3, 0.4) is 0 Å². The maximum absolute atomic E-state index is 5.89. The Labute approximate surface area is 121 Å². The van der Waals surface area contributed by atoms with Gasteiger partial charge in [-0.25, -0.2) is 4.98 Å². The van der Waals surface area contributed by atoms with Crippen LogP contribution >= 0.6 is 12.6 Å². The minimum atomic E-state index is 0.485. The van der Waals surface area contributed by atoms with E-state index in [-0.39, 0.29) is 0 Å². The number of methoxy groups -OCH3 is 1. The van der Waals surface area contributed by atoms with Crippen molar-refractivity contribution < 1.29 is 9.47 Å². The predicted molar refractivity (Wildman–Crippen MR) is 79.9 cm³/mol. The highest BCUT2D eigenvalue weighted by Crippen LogP contribution is 2.31. The molecule has 3 rings (SSSR count). The number of hydrogen-bond acceptors (Lipinski definition) is 5. The summed E-state index contributed by atoms with van der Waals surface area (Å²) in [6.07, 6.45) is 3.35. The summed E-state index contributed by atoms with van der Waals surface area (Å²) in [4.78, 5) is 9.31. The van der Waals surface area contributed by atoms with Gasteiger partial charge < -0.3 is 9.47 Å². The van der Waals surface area contributed by atoms with Crippen molar-refractivity contribution in [3.63, 3.8) is 0 Å². The molecule has 5 heteroatoms. The van der Waals surface area contributed by atoms with Gasteiger partial charge in [-0.3, -0.25) is 4.98 Å². The van der Waals surface area contributed by atoms with Crippen LogP contribution in [-0.4, -0.2) is 17.1 Å². The molecule has 0 atom stereocenters. The number of benzene rings is 1. The normalized spacial score (nSPS) is 10.5. The zero-order valence-electron chi connectivity index (χ0n) is 10.8. The first-order valence-corrected chi connectivity index (χ1v) is 6.47. The molecule has 0 bridgehead atoms. The average molecular weight is 284 g/mol. The molecule has 1 aromatic carbocycles. The van der Waals surface area contributed by atoms with Crippen LogP contribution < -0.4 is 9.47 Å². The van der Waals surface area contributed by atoms with E-state index in [1.54, 1.807) is 19.5 Å². The number of ether oxygens (including phenoxy) is 2. The average Bonchev–Trinajstić information content (AvgIpc) is 2.49. The molecular weight excluding hydrogens is 272 g/mol. The third-order valence-electron chi connectivity index (χ3n) is 2.84. The lowest BCUT2D eigenvalue weighted by Crippen LogP contribution is -1.93. The summed E-state index contributed by atoms with van der Waals surface area (Å²) in [5.41, 5.74) is 0.679. The van der Waals surface area contributed by atoms with Crippen molar-refractivity contribution in [1.29, 1.82) is 0 Å². The van der Waals surface area contributed by atoms with Crippen LogP contribution in [0, 0.1) is 0 Å². The summed E-state index contributed by atoms with van der Waals surface area (Å²) in [5.74, 6) is 1.94. The molecule has 0 radical (unpaired) electrons. The first-order chi connectivity index (χ1) is 9.78. The number of pyridine rings is 2. The van der Waals surface area contributed by atoms with E-state index in [4.69, 9.17) is 9.47 Å². The summed E-state index contributed by atoms with van der Waals surface area (Å²) in [6.45, 7) is 0. The van der Waals surface area contributed by atoms with E-state index in [1.165, 1.54) is 0 Å². The Morgan fingerprint density at radius 2 is 1.70 bits per heavy atom. The maximum Gasteiger partial charge on any atom is 0.240 e. The number of rotatable bonds is 3. The lowest BCUT2D eigenvalue weighted by molar-refractivity contribution is 0.402. The predicted octanol–water partition coefficient (Wildman–Crippen LogP) is 3.72. The van der Waals surface area contributed by atoms with Crippen LogP contribution in [0.25, 0.3) is 10.9 Å². The number of thiol groups is 1. The third-order valence-corrected chi connectivity index (χ3v) is 3.14. The molecule has 0 amide bonds. The second-order valence-corrected chi connectivity index (χ2v) is 4.64. The Bertz CT molecular complexity index is 744. The van der Waals surface area contributed by atoms with E-state index in [9.17, 15) is 0 Å². The minimum absolute atomic E-state index is 0.485. The molecular formula is C15H12N2O2S. The fourth-order valence-corrected chi connectivity index (χ4v) is 2.06. The second-order valence-electron chi connectivity index (χ2n) is 4.12. The van der Waals surface area contributed by atoms with Gasteiger partial charge >= 0.3 is 0 Å². The monoisotopic (exact) mass is 284 g/mol. The smallest absolute Gasteiger partial charge is 0.240 e. The van der Waals surface area contributed by atoms with Crippen molar-refractivity contribution >= 4 is 23.5 Å². The summed E-state index contributed by atoms with van der Waals surface area (Å²) < 4.78 is 11.1. The van der Waals surface area contributed by atoms with Gasteiger partial charge in [-0.15, -0.1) is 12.6 Å². The van der Waals surface area contributed by atoms with Gasteiger partial charge in [-0.1, -0.05) is 0 Å². The van der Waals surface area contributed by atoms with E-state index in [1.807, 2.05) is 36.4 Å². The molecule has 0 N–H and O–H groups in total. The SMILES string of the molecule is COc1nccc2c(Oc3ccc(S)cc3)ccnc12. The molecule has 100 valence electrons. The molecule has 20 heavy (non-hydrogen) atoms. The zero-order valence-corrected chi connectivity index (χ0v) is 11.7. The topological polar surface area (TPSA) is 44.2 Å². The molecule has 0 aliphatic heterocycles. The van der Waals surface area contributed by atoms with E-state index in [0.29, 0.717) is 17.1 Å². The Kier molecular flexibility index (Phi) is 3.43. The first kappa shape index (κ1) is 12.7. The number of nitrogens with zero attached hydrogens (tertiary/aromatic N) is 2. The van der Waals surface area contributed by atoms with Gasteiger partial charge in [0, 0.05) is 17.3 Å². The van der Waals surface area contributed by atoms with Crippen molar-refractivity contribution in [2.45, 2.75) is 4.90 Å². The highest BCUT2D eigenvalue weighted by Gasteiger charge is 2.09. The highest BCUT2D eigenvalue weighted by atomic mass is 32.1. The summed E-state index contributed by atoms with van der Waals surface area (Å²) in [7, 11) is 1.57. The van der Waals surface area contributed by atoms with Crippen molar-refractivity contribution in [3.05, 3.63) is 48.8 Å². The molecule has 4 nitrogen and oxygen atoms in total. The first-order valence-electron chi connectivity index (χ1n) is 6.02. The standard InChI is InChI=1S/C15H12N2O2S/c1-18-15-14-12(6-8-17-15)13(7-9-16-14)19-10-2-4-11(20)5-3-10/h2-9,20H,1H3. The van der Waals surface area contributed by atoms with Crippen LogP contribution in [0.4, 0.5) is 0 Å². The van der Waals surface area contributed by atoms with Crippen molar-refractivity contribution in [3.8, 4) is 17.4 Å². The highest BCUT2D eigenvalue weighted by molar-refractivity contribution is 7.80. The fraction of sp³-hybridized carbons (Fsp3) is 0.0667. The quantitative estimate of drug-likeness (QED) is 0.744. The molecule has 0 saturated heterocycles. The van der Waals surface area contributed by atoms with Crippen LogP contribution in [0.2, 0.25) is 0 Å². The summed E-state index contributed by atoms with van der Waals surface area (Å²) in [5, 5.41) is 0.856. The van der Waals surface area contributed by atoms with Crippen LogP contribution in [0.5, 0.6) is 17.4 Å². The molecule has 0 aliphatic carbocycles. The Morgan fingerprint density at radius 3 is 2.45 bits per heavy atom. The van der Waals surface area contributed by atoms with Crippen molar-refractivity contribution in [2.75, 3.05) is 7.11 Å². The van der Waals surface area contributed by atoms with Crippen molar-refractivity contribution in [2.24, 2.45) is 0 Å². The number of aromatic nitrogens is 2. The Balaban J connectivity index is 2.05. The maximum atomic E-state index is 5.89. The summed E-state index contributed by atoms with van der Waals surface area (Å²) >= 11 is 4.25. The van der Waals surface area contributed by atoms with Crippen LogP contribution in [-0.2, 0) is 0 Å². The van der Waals surface area contributed by atoms with Gasteiger partial charge in [-0.2, -0.15) is 0 Å². The molecule has 2 heterocycles. The van der Waals surface area contributed by atoms with E-state index in [2.05, 4.69) is 22.6 Å². The fourth-order valence-electron chi connectivity index (χ4n) is 1.91. The van der Waals surface area contributed by atoms with Gasteiger partial charge in [0.05, 0.1) is 12.5 Å². The molecule has 2 aromatic heterocycles. The Morgan fingerprint density at radius 1 is 0.950 bits per heavy atom. The molecule has 0 spiro atoms. The van der Waals surface area contributed by atoms with Gasteiger partial charge in [-0.05, 0) is 36.4 Å². The molecule has 0 unspecified atom stereocenters. The second kappa shape index (κ2) is 5.38. The van der Waals surface area contributed by atoms with Gasteiger partial charge in [0.25, 0.3) is 0 Å². The number of fused-ring (bicyclic) bond motifs is 1. The van der Waals surface area contributed by atoms with Crippen LogP contribution in [0.1, 0.15) is 0 Å². The molecule has 0 aliphatic rings. The van der Waals surface area contributed by atoms with E-state index >= 15 is 0 Å². The minimum Gasteiger partial charge on any atom is -0.479 e. The lowest BCUT2D eigenvalue weighted by Gasteiger charge is -2.09. The van der Waals surface area contributed by atoms with Crippen LogP contribution in [0.15, 0.2) is 53.7 Å². The van der Waals surface area contributed by atoms with Gasteiger partial charge in [0.1, 0.15) is 17.0 Å². The third kappa shape index (κ3) is 2.40. The van der Waals surface area contributed by atoms with Crippen molar-refractivity contribution in [1.82, 2.24) is 9.97 Å². The molecule has 3 aromatic rings. The summed E-state index contributed by atoms with van der Waals surface area (Å²) in [6, 6.07) is 11.2. The van der Waals surface area contributed by atoms with E-state index in [0.717, 1.165) is 16.0 Å². The van der Waals surface area contributed by atoms with Gasteiger partial charge in [0.2, 0.25) is 5.88 Å². The van der Waals surface area contributed by atoms with E-state index < -0.39 is 0 Å². The van der Waals surface area contributed by atoms with Gasteiger partial charge in [0.15, 0.2) is 0 Å².